The fourth-order valence-corrected chi connectivity index (χ4v) is 7.33. The Morgan fingerprint density at radius 3 is 2.60 bits per heavy atom. The van der Waals surface area contributed by atoms with Gasteiger partial charge in [0, 0.05) is 42.5 Å². The van der Waals surface area contributed by atoms with Crippen molar-refractivity contribution in [3.05, 3.63) is 71.8 Å². The van der Waals surface area contributed by atoms with Crippen LogP contribution in [0.3, 0.4) is 0 Å². The monoisotopic (exact) mass is 677 g/mol. The second-order valence-corrected chi connectivity index (χ2v) is 15.9. The van der Waals surface area contributed by atoms with Crippen LogP contribution in [0, 0.1) is 18.7 Å². The van der Waals surface area contributed by atoms with Crippen LogP contribution in [0.4, 0.5) is 15.1 Å². The number of nitrogens with zero attached hydrogens (tertiary/aromatic N) is 4. The molecule has 0 bridgehead atoms. The molecule has 2 aromatic heterocycles. The standard InChI is InChI=1S/C36H44FN5O5S/c1-23(2)16-20-48(44,45)22-29-26-12-11-24(3)32(27(26)13-14-30(29)37)46-33-28(10-7-17-38-33)31-15-18-39-34(41-31)40-25-9-8-19-42(21-25)35(43)47-36(4,5)6/h7,10-15,17-18,23,25H,8-9,16,19-22H2,1-6H3,(H,39,40,41)/t25-/m0/s1. The molecule has 48 heavy (non-hydrogen) atoms. The van der Waals surface area contributed by atoms with E-state index in [1.807, 2.05) is 47.6 Å². The minimum Gasteiger partial charge on any atom is -0.444 e. The van der Waals surface area contributed by atoms with Gasteiger partial charge in [0.2, 0.25) is 11.8 Å². The zero-order valence-corrected chi connectivity index (χ0v) is 29.2. The fourth-order valence-electron chi connectivity index (χ4n) is 5.62. The maximum absolute atomic E-state index is 15.2. The van der Waals surface area contributed by atoms with E-state index < -0.39 is 27.0 Å². The summed E-state index contributed by atoms with van der Waals surface area (Å²) in [7, 11) is -3.54. The van der Waals surface area contributed by atoms with Crippen LogP contribution in [0.1, 0.15) is 65.0 Å². The molecule has 256 valence electrons. The summed E-state index contributed by atoms with van der Waals surface area (Å²) >= 11 is 0. The van der Waals surface area contributed by atoms with Gasteiger partial charge in [0.1, 0.15) is 17.2 Å². The van der Waals surface area contributed by atoms with Crippen LogP contribution < -0.4 is 10.1 Å². The third kappa shape index (κ3) is 8.77. The number of anilines is 1. The molecule has 4 aromatic rings. The van der Waals surface area contributed by atoms with Gasteiger partial charge in [-0.05, 0) is 94.2 Å². The van der Waals surface area contributed by atoms with Crippen LogP contribution in [0.2, 0.25) is 0 Å². The van der Waals surface area contributed by atoms with Crippen LogP contribution in [0.15, 0.2) is 54.9 Å². The van der Waals surface area contributed by atoms with Crippen molar-refractivity contribution in [3.8, 4) is 22.9 Å². The summed E-state index contributed by atoms with van der Waals surface area (Å²) in [6.07, 6.45) is 5.09. The highest BCUT2D eigenvalue weighted by atomic mass is 32.2. The maximum atomic E-state index is 15.2. The Kier molecular flexibility index (Phi) is 10.5. The van der Waals surface area contributed by atoms with Gasteiger partial charge in [-0.3, -0.25) is 0 Å². The quantitative estimate of drug-likeness (QED) is 0.180. The molecule has 10 nitrogen and oxygen atoms in total. The van der Waals surface area contributed by atoms with Crippen LogP contribution in [-0.2, 0) is 20.3 Å². The zero-order chi connectivity index (χ0) is 34.6. The largest absolute Gasteiger partial charge is 0.444 e. The third-order valence-electron chi connectivity index (χ3n) is 8.08. The smallest absolute Gasteiger partial charge is 0.410 e. The first-order valence-corrected chi connectivity index (χ1v) is 18.1. The van der Waals surface area contributed by atoms with E-state index in [1.165, 1.54) is 6.07 Å². The van der Waals surface area contributed by atoms with E-state index in [-0.39, 0.29) is 35.2 Å². The van der Waals surface area contributed by atoms with Crippen molar-refractivity contribution in [2.24, 2.45) is 5.92 Å². The number of hydrogen-bond donors (Lipinski definition) is 1. The molecule has 1 fully saturated rings. The molecule has 0 unspecified atom stereocenters. The molecule has 1 aliphatic heterocycles. The van der Waals surface area contributed by atoms with Crippen molar-refractivity contribution in [1.29, 1.82) is 0 Å². The van der Waals surface area contributed by atoms with E-state index in [0.29, 0.717) is 53.2 Å². The molecule has 1 atom stereocenters. The zero-order valence-electron chi connectivity index (χ0n) is 28.4. The molecule has 1 amide bonds. The van der Waals surface area contributed by atoms with E-state index >= 15 is 4.39 Å². The van der Waals surface area contributed by atoms with Gasteiger partial charge in [0.05, 0.1) is 22.8 Å². The first kappa shape index (κ1) is 35.0. The molecule has 12 heteroatoms. The van der Waals surface area contributed by atoms with Crippen molar-refractivity contribution in [2.45, 2.75) is 78.2 Å². The summed E-state index contributed by atoms with van der Waals surface area (Å²) in [5, 5.41) is 4.43. The summed E-state index contributed by atoms with van der Waals surface area (Å²) in [4.78, 5) is 28.1. The normalized spacial score (nSPS) is 15.5. The number of carbonyl (C=O) groups excluding carboxylic acids is 1. The molecule has 0 radical (unpaired) electrons. The van der Waals surface area contributed by atoms with Gasteiger partial charge in [0.25, 0.3) is 0 Å². The van der Waals surface area contributed by atoms with Gasteiger partial charge in [-0.25, -0.2) is 32.6 Å². The minimum atomic E-state index is -3.54. The number of likely N-dealkylation sites (tertiary alicyclic amines) is 1. The summed E-state index contributed by atoms with van der Waals surface area (Å²) < 4.78 is 53.1. The topological polar surface area (TPSA) is 124 Å². The van der Waals surface area contributed by atoms with E-state index in [9.17, 15) is 13.2 Å². The number of aromatic nitrogens is 3. The SMILES string of the molecule is Cc1ccc2c(CS(=O)(=O)CCC(C)C)c(F)ccc2c1Oc1ncccc1-c1ccnc(N[C@H]2CCCN(C(=O)OC(C)(C)C)C2)n1. The van der Waals surface area contributed by atoms with Gasteiger partial charge in [-0.15, -0.1) is 0 Å². The second kappa shape index (κ2) is 14.4. The fraction of sp³-hybridized carbons (Fsp3) is 0.444. The van der Waals surface area contributed by atoms with Crippen LogP contribution in [-0.4, -0.2) is 64.8 Å². The Morgan fingerprint density at radius 1 is 1.08 bits per heavy atom. The van der Waals surface area contributed by atoms with E-state index in [4.69, 9.17) is 14.5 Å². The van der Waals surface area contributed by atoms with Gasteiger partial charge in [-0.2, -0.15) is 0 Å². The van der Waals surface area contributed by atoms with Crippen LogP contribution in [0.5, 0.6) is 11.6 Å². The molecule has 2 aromatic carbocycles. The van der Waals surface area contributed by atoms with E-state index in [0.717, 1.165) is 18.4 Å². The van der Waals surface area contributed by atoms with Crippen LogP contribution >= 0.6 is 0 Å². The lowest BCUT2D eigenvalue weighted by Gasteiger charge is -2.34. The summed E-state index contributed by atoms with van der Waals surface area (Å²) in [6, 6.07) is 11.7. The molecule has 0 saturated carbocycles. The average molecular weight is 678 g/mol. The number of fused-ring (bicyclic) bond motifs is 1. The Balaban J connectivity index is 1.40. The maximum Gasteiger partial charge on any atom is 0.410 e. The molecule has 0 spiro atoms. The van der Waals surface area contributed by atoms with Gasteiger partial charge in [-0.1, -0.05) is 26.0 Å². The molecular formula is C36H44FN5O5S. The van der Waals surface area contributed by atoms with Gasteiger partial charge >= 0.3 is 6.09 Å². The Bertz CT molecular complexity index is 1890. The van der Waals surface area contributed by atoms with Crippen LogP contribution in [0.25, 0.3) is 22.0 Å². The highest BCUT2D eigenvalue weighted by molar-refractivity contribution is 7.90. The first-order chi connectivity index (χ1) is 22.7. The Labute approximate surface area is 282 Å². The van der Waals surface area contributed by atoms with E-state index in [1.54, 1.807) is 47.6 Å². The molecule has 1 saturated heterocycles. The van der Waals surface area contributed by atoms with Gasteiger partial charge < -0.3 is 19.7 Å². The Hall–Kier alpha value is -4.32. The lowest BCUT2D eigenvalue weighted by atomic mass is 10.0. The van der Waals surface area contributed by atoms with Gasteiger partial charge in [0.15, 0.2) is 9.84 Å². The number of amides is 1. The number of nitrogens with one attached hydrogen (secondary N) is 1. The molecule has 1 N–H and O–H groups in total. The second-order valence-electron chi connectivity index (χ2n) is 13.7. The van der Waals surface area contributed by atoms with Crippen molar-refractivity contribution in [1.82, 2.24) is 19.9 Å². The molecule has 1 aliphatic rings. The summed E-state index contributed by atoms with van der Waals surface area (Å²) in [5.74, 6) is 0.373. The number of hydrogen-bond acceptors (Lipinski definition) is 9. The van der Waals surface area contributed by atoms with Crippen molar-refractivity contribution >= 4 is 32.7 Å². The number of benzene rings is 2. The minimum absolute atomic E-state index is 0.00840. The molecule has 3 heterocycles. The van der Waals surface area contributed by atoms with Crippen molar-refractivity contribution < 1.29 is 27.1 Å². The average Bonchev–Trinajstić information content (AvgIpc) is 3.02. The van der Waals surface area contributed by atoms with Crippen molar-refractivity contribution in [3.63, 3.8) is 0 Å². The number of sulfone groups is 1. The highest BCUT2D eigenvalue weighted by Crippen LogP contribution is 2.38. The third-order valence-corrected chi connectivity index (χ3v) is 9.67. The lowest BCUT2D eigenvalue weighted by Crippen LogP contribution is -2.47. The summed E-state index contributed by atoms with van der Waals surface area (Å²) in [6.45, 7) is 12.4. The van der Waals surface area contributed by atoms with E-state index in [2.05, 4.69) is 15.3 Å². The number of piperidine rings is 1. The molecule has 5 rings (SSSR count). The molecular weight excluding hydrogens is 633 g/mol. The number of carbonyl (C=O) groups is 1. The predicted molar refractivity (Wildman–Crippen MR) is 185 cm³/mol. The number of pyridine rings is 1. The number of halogens is 1. The Morgan fingerprint density at radius 2 is 1.85 bits per heavy atom. The number of rotatable bonds is 10. The van der Waals surface area contributed by atoms with Crippen molar-refractivity contribution in [2.75, 3.05) is 24.2 Å². The highest BCUT2D eigenvalue weighted by Gasteiger charge is 2.28. The summed E-state index contributed by atoms with van der Waals surface area (Å²) in [5.41, 5.74) is 1.50. The first-order valence-electron chi connectivity index (χ1n) is 16.3. The predicted octanol–water partition coefficient (Wildman–Crippen LogP) is 7.70. The lowest BCUT2D eigenvalue weighted by molar-refractivity contribution is 0.0206. The number of aryl methyl sites for hydroxylation is 1. The molecule has 0 aliphatic carbocycles. The number of ether oxygens (including phenoxy) is 2.